The van der Waals surface area contributed by atoms with Crippen LogP contribution in [0.5, 0.6) is 0 Å². The number of carbonyl (C=O) groups excluding carboxylic acids is 1. The number of halogens is 2. The maximum atomic E-state index is 13.3. The van der Waals surface area contributed by atoms with Crippen molar-refractivity contribution in [2.45, 2.75) is 12.5 Å². The molecular weight excluding hydrogens is 332 g/mol. The Morgan fingerprint density at radius 2 is 1.96 bits per heavy atom. The highest BCUT2D eigenvalue weighted by molar-refractivity contribution is 6.08. The van der Waals surface area contributed by atoms with Crippen LogP contribution in [0.3, 0.4) is 0 Å². The van der Waals surface area contributed by atoms with Crippen LogP contribution < -0.4 is 16.0 Å². The molecule has 0 saturated heterocycles. The molecule has 3 rings (SSSR count). The minimum Gasteiger partial charge on any atom is -0.465 e. The van der Waals surface area contributed by atoms with Gasteiger partial charge in [-0.3, -0.25) is 4.79 Å². The van der Waals surface area contributed by atoms with E-state index in [-0.39, 0.29) is 5.69 Å². The van der Waals surface area contributed by atoms with E-state index in [4.69, 9.17) is 5.11 Å². The van der Waals surface area contributed by atoms with Gasteiger partial charge < -0.3 is 21.1 Å². The van der Waals surface area contributed by atoms with Gasteiger partial charge in [0.05, 0.1) is 17.3 Å². The number of anilines is 2. The summed E-state index contributed by atoms with van der Waals surface area (Å²) in [5, 5.41) is 17.0. The first-order valence-corrected chi connectivity index (χ1v) is 7.58. The number of nitrogens with one attached hydrogen (secondary N) is 3. The van der Waals surface area contributed by atoms with Crippen molar-refractivity contribution < 1.29 is 23.5 Å². The first-order valence-electron chi connectivity index (χ1n) is 7.58. The fourth-order valence-electron chi connectivity index (χ4n) is 2.82. The number of amides is 2. The van der Waals surface area contributed by atoms with Gasteiger partial charge >= 0.3 is 6.09 Å². The quantitative estimate of drug-likeness (QED) is 0.685. The van der Waals surface area contributed by atoms with Crippen LogP contribution in [-0.4, -0.2) is 23.7 Å². The molecule has 2 aromatic carbocycles. The third-order valence-corrected chi connectivity index (χ3v) is 3.93. The van der Waals surface area contributed by atoms with E-state index < -0.39 is 29.7 Å². The highest BCUT2D eigenvalue weighted by atomic mass is 19.2. The molecule has 1 atom stereocenters. The fourth-order valence-corrected chi connectivity index (χ4v) is 2.82. The van der Waals surface area contributed by atoms with Crippen LogP contribution >= 0.6 is 0 Å². The number of carbonyl (C=O) groups is 2. The third-order valence-electron chi connectivity index (χ3n) is 3.93. The predicted molar refractivity (Wildman–Crippen MR) is 87.8 cm³/mol. The fraction of sp³-hybridized carbons (Fsp3) is 0.176. The number of rotatable bonds is 3. The average molecular weight is 347 g/mol. The van der Waals surface area contributed by atoms with E-state index >= 15 is 0 Å². The molecule has 0 saturated carbocycles. The Bertz CT molecular complexity index is 842. The molecule has 2 aromatic rings. The zero-order valence-electron chi connectivity index (χ0n) is 13.0. The van der Waals surface area contributed by atoms with Crippen molar-refractivity contribution in [2.24, 2.45) is 0 Å². The monoisotopic (exact) mass is 347 g/mol. The molecule has 1 unspecified atom stereocenters. The highest BCUT2D eigenvalue weighted by Gasteiger charge is 2.25. The Morgan fingerprint density at radius 1 is 1.16 bits per heavy atom. The summed E-state index contributed by atoms with van der Waals surface area (Å²) in [6, 6.07) is 7.60. The molecule has 0 aromatic heterocycles. The zero-order chi connectivity index (χ0) is 18.0. The molecule has 0 radical (unpaired) electrons. The second-order valence-corrected chi connectivity index (χ2v) is 5.57. The number of fused-ring (bicyclic) bond motifs is 1. The Morgan fingerprint density at radius 3 is 2.68 bits per heavy atom. The first-order chi connectivity index (χ1) is 12.0. The van der Waals surface area contributed by atoms with Crippen molar-refractivity contribution in [3.8, 4) is 0 Å². The third kappa shape index (κ3) is 3.52. The van der Waals surface area contributed by atoms with E-state index in [9.17, 15) is 18.4 Å². The Hall–Kier alpha value is -3.16. The van der Waals surface area contributed by atoms with Crippen LogP contribution in [0.25, 0.3) is 0 Å². The summed E-state index contributed by atoms with van der Waals surface area (Å²) in [5.74, 6) is -2.57. The molecule has 0 bridgehead atoms. The van der Waals surface area contributed by atoms with E-state index in [0.717, 1.165) is 12.1 Å². The summed E-state index contributed by atoms with van der Waals surface area (Å²) in [7, 11) is 0. The topological polar surface area (TPSA) is 90.5 Å². The Labute approximate surface area is 141 Å². The predicted octanol–water partition coefficient (Wildman–Crippen LogP) is 3.34. The van der Waals surface area contributed by atoms with Crippen molar-refractivity contribution in [1.82, 2.24) is 5.32 Å². The van der Waals surface area contributed by atoms with Gasteiger partial charge in [-0.15, -0.1) is 0 Å². The number of para-hydroxylation sites is 1. The Kier molecular flexibility index (Phi) is 4.51. The average Bonchev–Trinajstić information content (AvgIpc) is 2.57. The van der Waals surface area contributed by atoms with E-state index in [1.807, 2.05) is 0 Å². The lowest BCUT2D eigenvalue weighted by molar-refractivity contribution is 0.102. The second-order valence-electron chi connectivity index (χ2n) is 5.57. The van der Waals surface area contributed by atoms with Crippen molar-refractivity contribution in [3.63, 3.8) is 0 Å². The molecule has 130 valence electrons. The summed E-state index contributed by atoms with van der Waals surface area (Å²) >= 11 is 0. The van der Waals surface area contributed by atoms with Crippen LogP contribution in [0.1, 0.15) is 28.4 Å². The van der Waals surface area contributed by atoms with Gasteiger partial charge in [0, 0.05) is 18.3 Å². The van der Waals surface area contributed by atoms with Crippen LogP contribution in [0, 0.1) is 11.6 Å². The number of carboxylic acid groups (broad SMARTS) is 1. The minimum atomic E-state index is -1.14. The molecule has 0 fully saturated rings. The molecule has 4 N–H and O–H groups in total. The lowest BCUT2D eigenvalue weighted by Gasteiger charge is -2.28. The summed E-state index contributed by atoms with van der Waals surface area (Å²) in [4.78, 5) is 23.4. The standard InChI is InChI=1S/C17H15F2N3O3/c18-12-5-4-9(8-13(12)19)21-16(23)11-3-1-2-10-14(22-17(24)25)6-7-20-15(10)11/h1-5,8,14,20,22H,6-7H2,(H,21,23)(H,24,25). The van der Waals surface area contributed by atoms with Crippen LogP contribution in [0.2, 0.25) is 0 Å². The molecule has 6 nitrogen and oxygen atoms in total. The summed E-state index contributed by atoms with van der Waals surface area (Å²) in [5.41, 5.74) is 1.59. The molecular formula is C17H15F2N3O3. The van der Waals surface area contributed by atoms with Gasteiger partial charge in [-0.05, 0) is 30.2 Å². The molecule has 8 heteroatoms. The van der Waals surface area contributed by atoms with Gasteiger partial charge in [-0.1, -0.05) is 12.1 Å². The maximum absolute atomic E-state index is 13.3. The number of hydrogen-bond acceptors (Lipinski definition) is 3. The smallest absolute Gasteiger partial charge is 0.405 e. The van der Waals surface area contributed by atoms with Gasteiger partial charge in [-0.25, -0.2) is 13.6 Å². The lowest BCUT2D eigenvalue weighted by Crippen LogP contribution is -2.32. The molecule has 0 spiro atoms. The minimum absolute atomic E-state index is 0.123. The zero-order valence-corrected chi connectivity index (χ0v) is 13.0. The van der Waals surface area contributed by atoms with E-state index in [1.54, 1.807) is 18.2 Å². The second kappa shape index (κ2) is 6.76. The molecule has 1 aliphatic rings. The van der Waals surface area contributed by atoms with Crippen molar-refractivity contribution in [1.29, 1.82) is 0 Å². The van der Waals surface area contributed by atoms with Gasteiger partial charge in [0.2, 0.25) is 0 Å². The lowest BCUT2D eigenvalue weighted by atomic mass is 9.94. The molecule has 25 heavy (non-hydrogen) atoms. The highest BCUT2D eigenvalue weighted by Crippen LogP contribution is 2.33. The SMILES string of the molecule is O=C(O)NC1CCNc2c(C(=O)Nc3ccc(F)c(F)c3)cccc21. The number of hydrogen-bond donors (Lipinski definition) is 4. The van der Waals surface area contributed by atoms with Crippen molar-refractivity contribution in [3.05, 3.63) is 59.2 Å². The summed E-state index contributed by atoms with van der Waals surface area (Å²) in [6.45, 7) is 0.493. The van der Waals surface area contributed by atoms with Gasteiger partial charge in [0.1, 0.15) is 0 Å². The van der Waals surface area contributed by atoms with Crippen LogP contribution in [0.15, 0.2) is 36.4 Å². The summed E-state index contributed by atoms with van der Waals surface area (Å²) in [6.07, 6.45) is -0.595. The van der Waals surface area contributed by atoms with Crippen molar-refractivity contribution >= 4 is 23.4 Å². The van der Waals surface area contributed by atoms with Gasteiger partial charge in [0.15, 0.2) is 11.6 Å². The molecule has 0 aliphatic carbocycles. The molecule has 1 aliphatic heterocycles. The normalized spacial score (nSPS) is 15.7. The molecule has 2 amide bonds. The van der Waals surface area contributed by atoms with Crippen molar-refractivity contribution in [2.75, 3.05) is 17.2 Å². The number of benzene rings is 2. The maximum Gasteiger partial charge on any atom is 0.405 e. The van der Waals surface area contributed by atoms with E-state index in [1.165, 1.54) is 6.07 Å². The van der Waals surface area contributed by atoms with Gasteiger partial charge in [-0.2, -0.15) is 0 Å². The van der Waals surface area contributed by atoms with E-state index in [2.05, 4.69) is 16.0 Å². The Balaban J connectivity index is 1.88. The van der Waals surface area contributed by atoms with Gasteiger partial charge in [0.25, 0.3) is 5.91 Å². The molecule has 1 heterocycles. The van der Waals surface area contributed by atoms with Crippen LogP contribution in [-0.2, 0) is 0 Å². The first kappa shape index (κ1) is 16.7. The van der Waals surface area contributed by atoms with Crippen LogP contribution in [0.4, 0.5) is 25.0 Å². The van der Waals surface area contributed by atoms with E-state index in [0.29, 0.717) is 29.8 Å². The summed E-state index contributed by atoms with van der Waals surface area (Å²) < 4.78 is 26.3. The largest absolute Gasteiger partial charge is 0.465 e.